The monoisotopic (exact) mass is 483 g/mol. The van der Waals surface area contributed by atoms with Crippen LogP contribution in [0, 0.1) is 12.8 Å². The molecule has 0 N–H and O–H groups in total. The third-order valence-corrected chi connectivity index (χ3v) is 7.36. The van der Waals surface area contributed by atoms with Crippen LogP contribution in [0.25, 0.3) is 5.95 Å². The summed E-state index contributed by atoms with van der Waals surface area (Å²) in [6.45, 7) is 4.68. The Kier molecular flexibility index (Phi) is 7.28. The molecule has 4 aromatic rings. The Morgan fingerprint density at radius 3 is 2.50 bits per heavy atom. The molecule has 0 saturated carbocycles. The first-order valence-corrected chi connectivity index (χ1v) is 12.6. The summed E-state index contributed by atoms with van der Waals surface area (Å²) in [5.41, 5.74) is 3.09. The summed E-state index contributed by atoms with van der Waals surface area (Å²) in [6.07, 6.45) is 10.1. The minimum absolute atomic E-state index is 0.0327. The first-order valence-electron chi connectivity index (χ1n) is 12.6. The van der Waals surface area contributed by atoms with Gasteiger partial charge in [0.2, 0.25) is 5.95 Å². The van der Waals surface area contributed by atoms with Crippen LogP contribution in [-0.2, 0) is 13.0 Å². The number of aromatic nitrogens is 3. The summed E-state index contributed by atoms with van der Waals surface area (Å²) in [5.74, 6) is 1.83. The molecule has 1 atom stereocenters. The van der Waals surface area contributed by atoms with Gasteiger partial charge < -0.3 is 9.32 Å². The van der Waals surface area contributed by atoms with Crippen LogP contribution in [0.2, 0.25) is 0 Å². The fourth-order valence-electron chi connectivity index (χ4n) is 5.30. The molecule has 4 heterocycles. The summed E-state index contributed by atoms with van der Waals surface area (Å²) in [4.78, 5) is 26.6. The molecular weight excluding hydrogens is 450 g/mol. The van der Waals surface area contributed by atoms with Gasteiger partial charge in [-0.3, -0.25) is 14.3 Å². The Balaban J connectivity index is 1.28. The number of hydrogen-bond acceptors (Lipinski definition) is 5. The number of likely N-dealkylation sites (tertiary alicyclic amines) is 1. The standard InChI is InChI=1S/C29H33N5O2/c1-22-26(13-19-36-22)28(35)32(2)27(20-23-8-4-3-5-9-23)24-11-17-33(18-12-24)21-25-10-6-16-34(25)29-30-14-7-15-31-29/h3-10,13-16,19,24,27H,11-12,17-18,20-21H2,1-2H3. The molecule has 36 heavy (non-hydrogen) atoms. The van der Waals surface area contributed by atoms with Crippen LogP contribution in [0.3, 0.4) is 0 Å². The van der Waals surface area contributed by atoms with Crippen molar-refractivity contribution in [2.45, 2.75) is 38.8 Å². The molecule has 1 aliphatic rings. The van der Waals surface area contributed by atoms with Crippen molar-refractivity contribution in [2.24, 2.45) is 5.92 Å². The molecule has 0 bridgehead atoms. The molecule has 186 valence electrons. The van der Waals surface area contributed by atoms with Gasteiger partial charge in [0.25, 0.3) is 5.91 Å². The highest BCUT2D eigenvalue weighted by Gasteiger charge is 2.33. The van der Waals surface area contributed by atoms with E-state index in [1.165, 1.54) is 11.3 Å². The van der Waals surface area contributed by atoms with Gasteiger partial charge in [0.1, 0.15) is 5.76 Å². The lowest BCUT2D eigenvalue weighted by atomic mass is 9.84. The molecule has 1 saturated heterocycles. The van der Waals surface area contributed by atoms with E-state index in [9.17, 15) is 4.79 Å². The van der Waals surface area contributed by atoms with E-state index in [1.54, 1.807) is 24.7 Å². The Bertz CT molecular complexity index is 1260. The average Bonchev–Trinajstić information content (AvgIpc) is 3.57. The normalized spacial score (nSPS) is 15.6. The van der Waals surface area contributed by atoms with E-state index in [1.807, 2.05) is 43.3 Å². The van der Waals surface area contributed by atoms with Crippen molar-refractivity contribution in [3.8, 4) is 5.95 Å². The summed E-state index contributed by atoms with van der Waals surface area (Å²) in [6, 6.07) is 18.4. The second-order valence-corrected chi connectivity index (χ2v) is 9.60. The fraction of sp³-hybridized carbons (Fsp3) is 0.345. The van der Waals surface area contributed by atoms with Gasteiger partial charge in [-0.25, -0.2) is 9.97 Å². The van der Waals surface area contributed by atoms with Crippen molar-refractivity contribution in [1.82, 2.24) is 24.3 Å². The van der Waals surface area contributed by atoms with Gasteiger partial charge in [0.15, 0.2) is 0 Å². The zero-order valence-electron chi connectivity index (χ0n) is 21.0. The Hall–Kier alpha value is -3.71. The number of likely N-dealkylation sites (N-methyl/N-ethyl adjacent to an activating group) is 1. The average molecular weight is 484 g/mol. The van der Waals surface area contributed by atoms with Gasteiger partial charge >= 0.3 is 0 Å². The van der Waals surface area contributed by atoms with E-state index < -0.39 is 0 Å². The topological polar surface area (TPSA) is 67.4 Å². The molecule has 0 spiro atoms. The number of nitrogens with zero attached hydrogens (tertiary/aromatic N) is 5. The van der Waals surface area contributed by atoms with E-state index in [0.29, 0.717) is 23.2 Å². The molecule has 7 nitrogen and oxygen atoms in total. The number of piperidine rings is 1. The van der Waals surface area contributed by atoms with Crippen LogP contribution in [0.15, 0.2) is 83.9 Å². The molecule has 1 aromatic carbocycles. The van der Waals surface area contributed by atoms with Crippen LogP contribution < -0.4 is 0 Å². The SMILES string of the molecule is Cc1occc1C(=O)N(C)C(Cc1ccccc1)C1CCN(Cc2cccn2-c2ncccn2)CC1. The maximum atomic E-state index is 13.4. The Morgan fingerprint density at radius 1 is 1.06 bits per heavy atom. The van der Waals surface area contributed by atoms with Crippen LogP contribution in [-0.4, -0.2) is 56.4 Å². The number of aryl methyl sites for hydroxylation is 1. The van der Waals surface area contributed by atoms with Crippen LogP contribution in [0.1, 0.15) is 40.2 Å². The van der Waals surface area contributed by atoms with Crippen LogP contribution in [0.5, 0.6) is 0 Å². The number of amides is 1. The number of benzene rings is 1. The molecule has 1 unspecified atom stereocenters. The molecule has 0 radical (unpaired) electrons. The van der Waals surface area contributed by atoms with E-state index in [4.69, 9.17) is 4.42 Å². The third kappa shape index (κ3) is 5.26. The molecular formula is C29H33N5O2. The van der Waals surface area contributed by atoms with E-state index in [2.05, 4.69) is 49.8 Å². The summed E-state index contributed by atoms with van der Waals surface area (Å²) >= 11 is 0. The highest BCUT2D eigenvalue weighted by molar-refractivity contribution is 5.95. The maximum Gasteiger partial charge on any atom is 0.257 e. The van der Waals surface area contributed by atoms with Crippen LogP contribution in [0.4, 0.5) is 0 Å². The number of carbonyl (C=O) groups is 1. The lowest BCUT2D eigenvalue weighted by Crippen LogP contribution is -2.47. The Morgan fingerprint density at radius 2 is 1.81 bits per heavy atom. The molecule has 5 rings (SSSR count). The lowest BCUT2D eigenvalue weighted by molar-refractivity contribution is 0.0582. The molecule has 0 aliphatic carbocycles. The van der Waals surface area contributed by atoms with Gasteiger partial charge in [-0.05, 0) is 75.0 Å². The third-order valence-electron chi connectivity index (χ3n) is 7.36. The molecule has 1 amide bonds. The number of furan rings is 1. The molecule has 1 fully saturated rings. The van der Waals surface area contributed by atoms with Gasteiger partial charge in [-0.1, -0.05) is 30.3 Å². The van der Waals surface area contributed by atoms with Crippen molar-refractivity contribution < 1.29 is 9.21 Å². The Labute approximate surface area is 212 Å². The number of hydrogen-bond donors (Lipinski definition) is 0. The summed E-state index contributed by atoms with van der Waals surface area (Å²) < 4.78 is 7.48. The zero-order valence-corrected chi connectivity index (χ0v) is 21.0. The zero-order chi connectivity index (χ0) is 24.9. The first kappa shape index (κ1) is 24.0. The van der Waals surface area contributed by atoms with Crippen molar-refractivity contribution in [2.75, 3.05) is 20.1 Å². The maximum absolute atomic E-state index is 13.4. The fourth-order valence-corrected chi connectivity index (χ4v) is 5.30. The van der Waals surface area contributed by atoms with Crippen LogP contribution >= 0.6 is 0 Å². The molecule has 7 heteroatoms. The van der Waals surface area contributed by atoms with Crippen molar-refractivity contribution in [3.05, 3.63) is 102 Å². The summed E-state index contributed by atoms with van der Waals surface area (Å²) in [7, 11) is 1.95. The van der Waals surface area contributed by atoms with E-state index in [-0.39, 0.29) is 11.9 Å². The van der Waals surface area contributed by atoms with Crippen molar-refractivity contribution >= 4 is 5.91 Å². The van der Waals surface area contributed by atoms with Crippen molar-refractivity contribution in [3.63, 3.8) is 0 Å². The van der Waals surface area contributed by atoms with E-state index in [0.717, 1.165) is 38.9 Å². The predicted molar refractivity (Wildman–Crippen MR) is 139 cm³/mol. The smallest absolute Gasteiger partial charge is 0.257 e. The first-order chi connectivity index (χ1) is 17.6. The van der Waals surface area contributed by atoms with Gasteiger partial charge in [-0.15, -0.1) is 0 Å². The lowest BCUT2D eigenvalue weighted by Gasteiger charge is -2.40. The minimum atomic E-state index is 0.0327. The van der Waals surface area contributed by atoms with Crippen molar-refractivity contribution in [1.29, 1.82) is 0 Å². The highest BCUT2D eigenvalue weighted by atomic mass is 16.3. The highest BCUT2D eigenvalue weighted by Crippen LogP contribution is 2.29. The largest absolute Gasteiger partial charge is 0.469 e. The van der Waals surface area contributed by atoms with Gasteiger partial charge in [0.05, 0.1) is 11.8 Å². The second-order valence-electron chi connectivity index (χ2n) is 9.60. The quantitative estimate of drug-likeness (QED) is 0.361. The second kappa shape index (κ2) is 10.9. The summed E-state index contributed by atoms with van der Waals surface area (Å²) in [5, 5.41) is 0. The predicted octanol–water partition coefficient (Wildman–Crippen LogP) is 4.76. The van der Waals surface area contributed by atoms with Gasteiger partial charge in [0, 0.05) is 43.9 Å². The van der Waals surface area contributed by atoms with E-state index >= 15 is 0 Å². The molecule has 1 aliphatic heterocycles. The minimum Gasteiger partial charge on any atom is -0.469 e. The molecule has 3 aromatic heterocycles. The number of carbonyl (C=O) groups excluding carboxylic acids is 1. The number of rotatable bonds is 8. The van der Waals surface area contributed by atoms with Gasteiger partial charge in [-0.2, -0.15) is 0 Å².